The molecule has 1 N–H and O–H groups in total. The van der Waals surface area contributed by atoms with Crippen LogP contribution in [0.3, 0.4) is 0 Å². The Hall–Kier alpha value is -1.81. The number of nitrogens with one attached hydrogen (secondary N) is 1. The lowest BCUT2D eigenvalue weighted by atomic mass is 10.1. The van der Waals surface area contributed by atoms with Crippen LogP contribution < -0.4 is 0 Å². The number of amides is 1. The molecule has 4 heteroatoms. The summed E-state index contributed by atoms with van der Waals surface area (Å²) in [6.07, 6.45) is 7.34. The fourth-order valence-electron chi connectivity index (χ4n) is 4.00. The number of carbonyl (C=O) groups is 1. The molecule has 1 amide bonds. The zero-order valence-corrected chi connectivity index (χ0v) is 12.9. The number of rotatable bonds is 2. The Labute approximate surface area is 131 Å². The van der Waals surface area contributed by atoms with Crippen LogP contribution in [0.1, 0.15) is 36.0 Å². The van der Waals surface area contributed by atoms with Crippen molar-refractivity contribution in [1.82, 2.24) is 14.8 Å². The van der Waals surface area contributed by atoms with Crippen molar-refractivity contribution in [1.29, 1.82) is 0 Å². The van der Waals surface area contributed by atoms with E-state index in [9.17, 15) is 4.79 Å². The van der Waals surface area contributed by atoms with Crippen molar-refractivity contribution in [2.75, 3.05) is 26.2 Å². The average Bonchev–Trinajstić information content (AvgIpc) is 3.25. The lowest BCUT2D eigenvalue weighted by Crippen LogP contribution is -2.51. The van der Waals surface area contributed by atoms with Gasteiger partial charge in [0.25, 0.3) is 5.91 Å². The minimum absolute atomic E-state index is 0.177. The second-order valence-corrected chi connectivity index (χ2v) is 6.51. The van der Waals surface area contributed by atoms with Gasteiger partial charge in [0.05, 0.1) is 0 Å². The molecule has 1 saturated heterocycles. The number of aromatic nitrogens is 1. The van der Waals surface area contributed by atoms with Crippen LogP contribution in [0, 0.1) is 0 Å². The van der Waals surface area contributed by atoms with E-state index in [1.807, 2.05) is 35.4 Å². The van der Waals surface area contributed by atoms with Crippen molar-refractivity contribution >= 4 is 16.8 Å². The van der Waals surface area contributed by atoms with Gasteiger partial charge in [-0.3, -0.25) is 9.69 Å². The summed E-state index contributed by atoms with van der Waals surface area (Å²) >= 11 is 0. The lowest BCUT2D eigenvalue weighted by molar-refractivity contribution is 0.0575. The summed E-state index contributed by atoms with van der Waals surface area (Å²) < 4.78 is 0. The highest BCUT2D eigenvalue weighted by Crippen LogP contribution is 2.25. The summed E-state index contributed by atoms with van der Waals surface area (Å²) in [6.45, 7) is 3.77. The number of H-pyrrole nitrogens is 1. The molecule has 0 unspecified atom stereocenters. The first-order valence-electron chi connectivity index (χ1n) is 8.42. The first-order valence-corrected chi connectivity index (χ1v) is 8.42. The standard InChI is InChI=1S/C18H23N3O/c22-18(16-6-3-7-17-15(16)8-9-19-17)21-12-10-20(11-13-21)14-4-1-2-5-14/h3,6-9,14,19H,1-2,4-5,10-13H2. The molecule has 1 aliphatic carbocycles. The molecule has 2 heterocycles. The van der Waals surface area contributed by atoms with Crippen molar-refractivity contribution in [2.24, 2.45) is 0 Å². The predicted octanol–water partition coefficient (Wildman–Crippen LogP) is 2.87. The third-order valence-electron chi connectivity index (χ3n) is 5.27. The zero-order valence-electron chi connectivity index (χ0n) is 12.9. The second-order valence-electron chi connectivity index (χ2n) is 6.51. The van der Waals surface area contributed by atoms with E-state index < -0.39 is 0 Å². The van der Waals surface area contributed by atoms with Crippen LogP contribution >= 0.6 is 0 Å². The molecule has 2 aromatic rings. The molecule has 0 spiro atoms. The van der Waals surface area contributed by atoms with Crippen molar-refractivity contribution in [3.8, 4) is 0 Å². The van der Waals surface area contributed by atoms with Crippen LogP contribution in [-0.4, -0.2) is 52.9 Å². The topological polar surface area (TPSA) is 39.3 Å². The number of benzene rings is 1. The van der Waals surface area contributed by atoms with E-state index in [2.05, 4.69) is 9.88 Å². The van der Waals surface area contributed by atoms with Crippen molar-refractivity contribution in [3.63, 3.8) is 0 Å². The molecule has 22 heavy (non-hydrogen) atoms. The molecule has 1 saturated carbocycles. The van der Waals surface area contributed by atoms with Gasteiger partial charge in [-0.25, -0.2) is 0 Å². The number of piperazine rings is 1. The van der Waals surface area contributed by atoms with Gasteiger partial charge in [0.2, 0.25) is 0 Å². The summed E-state index contributed by atoms with van der Waals surface area (Å²) in [7, 11) is 0. The molecular weight excluding hydrogens is 274 g/mol. The summed E-state index contributed by atoms with van der Waals surface area (Å²) in [5, 5.41) is 1.03. The van der Waals surface area contributed by atoms with Crippen LogP contribution in [0.2, 0.25) is 0 Å². The van der Waals surface area contributed by atoms with E-state index in [1.54, 1.807) is 0 Å². The Morgan fingerprint density at radius 3 is 2.59 bits per heavy atom. The molecule has 2 aliphatic rings. The predicted molar refractivity (Wildman–Crippen MR) is 88.0 cm³/mol. The number of hydrogen-bond donors (Lipinski definition) is 1. The van der Waals surface area contributed by atoms with Crippen LogP contribution in [0.5, 0.6) is 0 Å². The van der Waals surface area contributed by atoms with Crippen molar-refractivity contribution in [2.45, 2.75) is 31.7 Å². The molecular formula is C18H23N3O. The number of aromatic amines is 1. The van der Waals surface area contributed by atoms with Gasteiger partial charge in [-0.2, -0.15) is 0 Å². The minimum Gasteiger partial charge on any atom is -0.361 e. The first kappa shape index (κ1) is 13.8. The van der Waals surface area contributed by atoms with E-state index in [0.717, 1.165) is 48.7 Å². The van der Waals surface area contributed by atoms with E-state index in [0.29, 0.717) is 0 Å². The van der Waals surface area contributed by atoms with E-state index in [4.69, 9.17) is 0 Å². The van der Waals surface area contributed by atoms with Crippen LogP contribution in [0.25, 0.3) is 10.9 Å². The third-order valence-corrected chi connectivity index (χ3v) is 5.27. The fraction of sp³-hybridized carbons (Fsp3) is 0.500. The van der Waals surface area contributed by atoms with Gasteiger partial charge >= 0.3 is 0 Å². The van der Waals surface area contributed by atoms with Gasteiger partial charge in [0.1, 0.15) is 0 Å². The smallest absolute Gasteiger partial charge is 0.254 e. The molecule has 4 rings (SSSR count). The molecule has 4 nitrogen and oxygen atoms in total. The summed E-state index contributed by atoms with van der Waals surface area (Å²) in [6, 6.07) is 8.69. The van der Waals surface area contributed by atoms with E-state index in [-0.39, 0.29) is 5.91 Å². The van der Waals surface area contributed by atoms with Crippen LogP contribution in [-0.2, 0) is 0 Å². The molecule has 1 aromatic heterocycles. The quantitative estimate of drug-likeness (QED) is 0.926. The van der Waals surface area contributed by atoms with Crippen LogP contribution in [0.4, 0.5) is 0 Å². The second kappa shape index (κ2) is 5.76. The Balaban J connectivity index is 1.47. The zero-order chi connectivity index (χ0) is 14.9. The largest absolute Gasteiger partial charge is 0.361 e. The minimum atomic E-state index is 0.177. The third kappa shape index (κ3) is 2.41. The Morgan fingerprint density at radius 1 is 1.05 bits per heavy atom. The monoisotopic (exact) mass is 297 g/mol. The molecule has 116 valence electrons. The SMILES string of the molecule is O=C(c1cccc2[nH]ccc12)N1CCN(C2CCCC2)CC1. The highest BCUT2D eigenvalue weighted by Gasteiger charge is 2.28. The van der Waals surface area contributed by atoms with Gasteiger partial charge in [-0.05, 0) is 31.0 Å². The number of nitrogens with zero attached hydrogens (tertiary/aromatic N) is 2. The maximum Gasteiger partial charge on any atom is 0.254 e. The number of carbonyl (C=O) groups excluding carboxylic acids is 1. The van der Waals surface area contributed by atoms with Crippen molar-refractivity contribution in [3.05, 3.63) is 36.0 Å². The van der Waals surface area contributed by atoms with Gasteiger partial charge in [-0.1, -0.05) is 18.9 Å². The van der Waals surface area contributed by atoms with Gasteiger partial charge in [0.15, 0.2) is 0 Å². The molecule has 0 atom stereocenters. The highest BCUT2D eigenvalue weighted by molar-refractivity contribution is 6.06. The fourth-order valence-corrected chi connectivity index (χ4v) is 4.00. The first-order chi connectivity index (χ1) is 10.8. The summed E-state index contributed by atoms with van der Waals surface area (Å²) in [5.41, 5.74) is 1.86. The molecule has 0 radical (unpaired) electrons. The molecule has 1 aromatic carbocycles. The Kier molecular flexibility index (Phi) is 3.62. The summed E-state index contributed by atoms with van der Waals surface area (Å²) in [5.74, 6) is 0.177. The Morgan fingerprint density at radius 2 is 1.82 bits per heavy atom. The van der Waals surface area contributed by atoms with Gasteiger partial charge in [0, 0.05) is 54.9 Å². The molecule has 1 aliphatic heterocycles. The van der Waals surface area contributed by atoms with Crippen molar-refractivity contribution < 1.29 is 4.79 Å². The summed E-state index contributed by atoms with van der Waals surface area (Å²) in [4.78, 5) is 20.6. The lowest BCUT2D eigenvalue weighted by Gasteiger charge is -2.38. The maximum atomic E-state index is 12.8. The highest BCUT2D eigenvalue weighted by atomic mass is 16.2. The Bertz CT molecular complexity index is 664. The number of fused-ring (bicyclic) bond motifs is 1. The van der Waals surface area contributed by atoms with Gasteiger partial charge in [-0.15, -0.1) is 0 Å². The average molecular weight is 297 g/mol. The van der Waals surface area contributed by atoms with Gasteiger partial charge < -0.3 is 9.88 Å². The molecule has 0 bridgehead atoms. The van der Waals surface area contributed by atoms with E-state index >= 15 is 0 Å². The molecule has 2 fully saturated rings. The van der Waals surface area contributed by atoms with Crippen LogP contribution in [0.15, 0.2) is 30.5 Å². The normalized spacial score (nSPS) is 20.8. The van der Waals surface area contributed by atoms with E-state index in [1.165, 1.54) is 25.7 Å². The number of hydrogen-bond acceptors (Lipinski definition) is 2. The maximum absolute atomic E-state index is 12.8.